The number of hydrogen-bond acceptors (Lipinski definition) is 6. The molecule has 0 spiro atoms. The molecule has 2 aromatic heterocycles. The van der Waals surface area contributed by atoms with E-state index < -0.39 is 0 Å². The maximum atomic E-state index is 12.3. The Hall–Kier alpha value is -1.93. The zero-order valence-electron chi connectivity index (χ0n) is 15.6. The van der Waals surface area contributed by atoms with E-state index in [0.717, 1.165) is 45.9 Å². The first-order valence-corrected chi connectivity index (χ1v) is 9.95. The first-order chi connectivity index (χ1) is 12.5. The summed E-state index contributed by atoms with van der Waals surface area (Å²) >= 11 is 1.57. The van der Waals surface area contributed by atoms with Gasteiger partial charge in [-0.2, -0.15) is 0 Å². The van der Waals surface area contributed by atoms with Crippen molar-refractivity contribution in [3.05, 3.63) is 26.6 Å². The van der Waals surface area contributed by atoms with Gasteiger partial charge in [-0.25, -0.2) is 9.78 Å². The zero-order valence-corrected chi connectivity index (χ0v) is 16.4. The van der Waals surface area contributed by atoms with Gasteiger partial charge in [0.15, 0.2) is 0 Å². The quantitative estimate of drug-likeness (QED) is 0.834. The van der Waals surface area contributed by atoms with Crippen LogP contribution < -0.4 is 10.9 Å². The number of aromatic amines is 1. The van der Waals surface area contributed by atoms with Crippen molar-refractivity contribution in [2.24, 2.45) is 0 Å². The molecule has 0 atom stereocenters. The molecule has 26 heavy (non-hydrogen) atoms. The maximum Gasteiger partial charge on any atom is 0.409 e. The van der Waals surface area contributed by atoms with E-state index in [0.29, 0.717) is 32.2 Å². The predicted octanol–water partition coefficient (Wildman–Crippen LogP) is 2.35. The van der Waals surface area contributed by atoms with E-state index in [1.165, 1.54) is 0 Å². The third kappa shape index (κ3) is 4.07. The van der Waals surface area contributed by atoms with Crippen molar-refractivity contribution in [1.29, 1.82) is 0 Å². The van der Waals surface area contributed by atoms with Crippen molar-refractivity contribution in [3.8, 4) is 0 Å². The average molecular weight is 378 g/mol. The van der Waals surface area contributed by atoms with Gasteiger partial charge in [-0.15, -0.1) is 11.3 Å². The highest BCUT2D eigenvalue weighted by molar-refractivity contribution is 7.18. The molecular weight excluding hydrogens is 352 g/mol. The highest BCUT2D eigenvalue weighted by atomic mass is 32.1. The smallest absolute Gasteiger partial charge is 0.409 e. The molecule has 0 saturated carbocycles. The van der Waals surface area contributed by atoms with Gasteiger partial charge in [0.2, 0.25) is 0 Å². The van der Waals surface area contributed by atoms with Gasteiger partial charge >= 0.3 is 6.09 Å². The highest BCUT2D eigenvalue weighted by Gasteiger charge is 2.23. The lowest BCUT2D eigenvalue weighted by molar-refractivity contribution is 0.0952. The van der Waals surface area contributed by atoms with Crippen molar-refractivity contribution in [1.82, 2.24) is 20.2 Å². The fraction of sp³-hybridized carbons (Fsp3) is 0.611. The number of nitrogens with zero attached hydrogens (tertiary/aromatic N) is 2. The van der Waals surface area contributed by atoms with Gasteiger partial charge in [-0.05, 0) is 39.2 Å². The third-order valence-electron chi connectivity index (χ3n) is 4.90. The number of piperidine rings is 1. The number of ether oxygens (including phenoxy) is 1. The van der Waals surface area contributed by atoms with Crippen LogP contribution in [0.4, 0.5) is 4.79 Å². The summed E-state index contributed by atoms with van der Waals surface area (Å²) in [6, 6.07) is 0.377. The van der Waals surface area contributed by atoms with Crippen LogP contribution in [0.15, 0.2) is 4.79 Å². The molecule has 0 aliphatic carbocycles. The average Bonchev–Trinajstić information content (AvgIpc) is 2.90. The van der Waals surface area contributed by atoms with Crippen LogP contribution in [0.25, 0.3) is 10.2 Å². The van der Waals surface area contributed by atoms with E-state index >= 15 is 0 Å². The maximum absolute atomic E-state index is 12.3. The molecule has 3 rings (SSSR count). The molecule has 0 unspecified atom stereocenters. The van der Waals surface area contributed by atoms with Gasteiger partial charge in [0.1, 0.15) is 10.7 Å². The number of likely N-dealkylation sites (tertiary alicyclic amines) is 1. The number of hydrogen-bond donors (Lipinski definition) is 2. The fourth-order valence-corrected chi connectivity index (χ4v) is 4.34. The minimum atomic E-state index is -0.220. The molecule has 0 aromatic carbocycles. The van der Waals surface area contributed by atoms with Crippen molar-refractivity contribution in [2.75, 3.05) is 26.2 Å². The number of aryl methyl sites for hydroxylation is 2. The summed E-state index contributed by atoms with van der Waals surface area (Å²) in [5.74, 6) is 0.722. The second-order valence-corrected chi connectivity index (χ2v) is 7.84. The molecule has 3 heterocycles. The Morgan fingerprint density at radius 2 is 2.12 bits per heavy atom. The lowest BCUT2D eigenvalue weighted by atomic mass is 10.1. The lowest BCUT2D eigenvalue weighted by Crippen LogP contribution is -2.45. The second kappa shape index (κ2) is 8.18. The van der Waals surface area contributed by atoms with Crippen LogP contribution in [0.3, 0.4) is 0 Å². The number of nitrogens with one attached hydrogen (secondary N) is 2. The first-order valence-electron chi connectivity index (χ1n) is 9.13. The summed E-state index contributed by atoms with van der Waals surface area (Å²) in [6.07, 6.45) is 2.28. The van der Waals surface area contributed by atoms with Gasteiger partial charge in [0, 0.05) is 37.0 Å². The van der Waals surface area contributed by atoms with E-state index in [-0.39, 0.29) is 11.7 Å². The van der Waals surface area contributed by atoms with Gasteiger partial charge in [0.05, 0.1) is 12.0 Å². The van der Waals surface area contributed by atoms with Crippen molar-refractivity contribution < 1.29 is 9.53 Å². The van der Waals surface area contributed by atoms with E-state index in [1.807, 2.05) is 20.8 Å². The van der Waals surface area contributed by atoms with Crippen LogP contribution >= 0.6 is 11.3 Å². The van der Waals surface area contributed by atoms with Crippen molar-refractivity contribution >= 4 is 27.6 Å². The highest BCUT2D eigenvalue weighted by Crippen LogP contribution is 2.25. The SMILES string of the molecule is CCOC(=O)N1CCC(NCCc2nc3sc(C)c(C)c3c(=O)[nH]2)CC1. The number of carbonyl (C=O) groups is 1. The second-order valence-electron chi connectivity index (χ2n) is 6.64. The van der Waals surface area contributed by atoms with Crippen molar-refractivity contribution in [2.45, 2.75) is 46.1 Å². The Bertz CT molecular complexity index is 837. The van der Waals surface area contributed by atoms with Crippen LogP contribution in [-0.4, -0.2) is 53.2 Å². The molecule has 1 saturated heterocycles. The van der Waals surface area contributed by atoms with Crippen LogP contribution in [0.1, 0.15) is 36.0 Å². The monoisotopic (exact) mass is 378 g/mol. The summed E-state index contributed by atoms with van der Waals surface area (Å²) in [5.41, 5.74) is 0.978. The molecule has 8 heteroatoms. The number of aromatic nitrogens is 2. The minimum absolute atomic E-state index is 0.0467. The predicted molar refractivity (Wildman–Crippen MR) is 103 cm³/mol. The number of carbonyl (C=O) groups excluding carboxylic acids is 1. The van der Waals surface area contributed by atoms with Crippen LogP contribution in [0.2, 0.25) is 0 Å². The molecule has 142 valence electrons. The summed E-state index contributed by atoms with van der Waals surface area (Å²) < 4.78 is 5.04. The van der Waals surface area contributed by atoms with E-state index in [1.54, 1.807) is 16.2 Å². The Morgan fingerprint density at radius 1 is 1.38 bits per heavy atom. The Morgan fingerprint density at radius 3 is 2.81 bits per heavy atom. The molecule has 1 aliphatic rings. The molecule has 7 nitrogen and oxygen atoms in total. The number of H-pyrrole nitrogens is 1. The van der Waals surface area contributed by atoms with Crippen molar-refractivity contribution in [3.63, 3.8) is 0 Å². The molecule has 1 amide bonds. The minimum Gasteiger partial charge on any atom is -0.450 e. The fourth-order valence-electron chi connectivity index (χ4n) is 3.29. The third-order valence-corrected chi connectivity index (χ3v) is 6.01. The number of thiophene rings is 1. The normalized spacial score (nSPS) is 15.6. The van der Waals surface area contributed by atoms with Crippen LogP contribution in [0.5, 0.6) is 0 Å². The van der Waals surface area contributed by atoms with E-state index in [2.05, 4.69) is 15.3 Å². The van der Waals surface area contributed by atoms with Gasteiger partial charge in [0.25, 0.3) is 5.56 Å². The number of fused-ring (bicyclic) bond motifs is 1. The summed E-state index contributed by atoms with van der Waals surface area (Å²) in [6.45, 7) is 8.40. The van der Waals surface area contributed by atoms with Crippen LogP contribution in [0, 0.1) is 13.8 Å². The zero-order chi connectivity index (χ0) is 18.7. The molecule has 2 N–H and O–H groups in total. The lowest BCUT2D eigenvalue weighted by Gasteiger charge is -2.31. The Labute approximate surface area is 156 Å². The van der Waals surface area contributed by atoms with Gasteiger partial charge < -0.3 is 19.9 Å². The van der Waals surface area contributed by atoms with E-state index in [9.17, 15) is 9.59 Å². The van der Waals surface area contributed by atoms with E-state index in [4.69, 9.17) is 4.74 Å². The molecule has 0 radical (unpaired) electrons. The number of amides is 1. The molecule has 1 aliphatic heterocycles. The molecule has 2 aromatic rings. The summed E-state index contributed by atoms with van der Waals surface area (Å²) in [5, 5.41) is 4.23. The Kier molecular flexibility index (Phi) is 5.93. The molecule has 0 bridgehead atoms. The standard InChI is InChI=1S/C18H26N4O3S/c1-4-25-18(24)22-9-6-13(7-10-22)19-8-5-14-20-16(23)15-11(2)12(3)26-17(15)21-14/h13,19H,4-10H2,1-3H3,(H,20,21,23). The van der Waals surface area contributed by atoms with Gasteiger partial charge in [-0.1, -0.05) is 0 Å². The summed E-state index contributed by atoms with van der Waals surface area (Å²) in [4.78, 5) is 35.2. The Balaban J connectivity index is 1.51. The largest absolute Gasteiger partial charge is 0.450 e. The molecular formula is C18H26N4O3S. The summed E-state index contributed by atoms with van der Waals surface area (Å²) in [7, 11) is 0. The number of rotatable bonds is 5. The first kappa shape index (κ1) is 18.8. The topological polar surface area (TPSA) is 87.3 Å². The molecule has 1 fully saturated rings. The van der Waals surface area contributed by atoms with Gasteiger partial charge in [-0.3, -0.25) is 4.79 Å². The van der Waals surface area contributed by atoms with Crippen LogP contribution in [-0.2, 0) is 11.2 Å².